The summed E-state index contributed by atoms with van der Waals surface area (Å²) >= 11 is 5.91. The molecule has 0 saturated carbocycles. The largest absolute Gasteiger partial charge is 0.478 e. The number of hydrogen-bond acceptors (Lipinski definition) is 5. The van der Waals surface area contributed by atoms with Crippen molar-refractivity contribution in [2.24, 2.45) is 0 Å². The fourth-order valence-corrected chi connectivity index (χ4v) is 5.93. The molecule has 3 rings (SSSR count). The van der Waals surface area contributed by atoms with Crippen LogP contribution in [0.5, 0.6) is 0 Å². The average molecular weight is 445 g/mol. The van der Waals surface area contributed by atoms with Gasteiger partial charge in [0.25, 0.3) is 10.0 Å². The molecule has 0 aliphatic carbocycles. The van der Waals surface area contributed by atoms with E-state index >= 15 is 0 Å². The highest BCUT2D eigenvalue weighted by Gasteiger charge is 2.27. The standard InChI is InChI=1S/C17H17ClN2O6S2/c18-15-8-3-12(17(21)22)11-16(15)27(23,24)19-13-4-6-14(7-5-13)28(25,26)20-9-1-2-10-20/h3-8,11,19H,1-2,9-10H2,(H,21,22). The van der Waals surface area contributed by atoms with Crippen LogP contribution in [0.3, 0.4) is 0 Å². The SMILES string of the molecule is O=C(O)c1ccc(Cl)c(S(=O)(=O)Nc2ccc(S(=O)(=O)N3CCCC3)cc2)c1. The summed E-state index contributed by atoms with van der Waals surface area (Å²) < 4.78 is 53.8. The van der Waals surface area contributed by atoms with Gasteiger partial charge in [-0.2, -0.15) is 4.31 Å². The Labute approximate surface area is 167 Å². The zero-order valence-corrected chi connectivity index (χ0v) is 16.9. The summed E-state index contributed by atoms with van der Waals surface area (Å²) in [6.07, 6.45) is 1.63. The van der Waals surface area contributed by atoms with Gasteiger partial charge in [0, 0.05) is 18.8 Å². The molecule has 0 radical (unpaired) electrons. The molecule has 0 amide bonds. The zero-order chi connectivity index (χ0) is 20.5. The van der Waals surface area contributed by atoms with Gasteiger partial charge < -0.3 is 5.11 Å². The van der Waals surface area contributed by atoms with E-state index in [1.165, 1.54) is 40.7 Å². The van der Waals surface area contributed by atoms with Gasteiger partial charge in [0.1, 0.15) is 4.90 Å². The van der Waals surface area contributed by atoms with Crippen molar-refractivity contribution in [2.45, 2.75) is 22.6 Å². The summed E-state index contributed by atoms with van der Waals surface area (Å²) in [6, 6.07) is 8.64. The molecule has 2 N–H and O–H groups in total. The lowest BCUT2D eigenvalue weighted by Gasteiger charge is -2.16. The number of anilines is 1. The smallest absolute Gasteiger partial charge is 0.335 e. The van der Waals surface area contributed by atoms with Crippen LogP contribution in [0.2, 0.25) is 5.02 Å². The summed E-state index contributed by atoms with van der Waals surface area (Å²) in [6.45, 7) is 0.935. The molecule has 0 atom stereocenters. The Hall–Kier alpha value is -2.14. The number of carboxylic acid groups (broad SMARTS) is 1. The van der Waals surface area contributed by atoms with E-state index in [1.54, 1.807) is 0 Å². The maximum Gasteiger partial charge on any atom is 0.335 e. The van der Waals surface area contributed by atoms with Gasteiger partial charge in [-0.1, -0.05) is 11.6 Å². The van der Waals surface area contributed by atoms with Crippen LogP contribution in [-0.4, -0.2) is 45.3 Å². The van der Waals surface area contributed by atoms with E-state index in [-0.39, 0.29) is 26.1 Å². The lowest BCUT2D eigenvalue weighted by molar-refractivity contribution is 0.0696. The molecule has 2 aromatic rings. The second kappa shape index (κ2) is 7.70. The summed E-state index contributed by atoms with van der Waals surface area (Å²) in [5.74, 6) is -1.29. The maximum absolute atomic E-state index is 12.6. The van der Waals surface area contributed by atoms with E-state index in [1.807, 2.05) is 0 Å². The third-order valence-corrected chi connectivity index (χ3v) is 8.05. The second-order valence-electron chi connectivity index (χ2n) is 6.19. The lowest BCUT2D eigenvalue weighted by atomic mass is 10.2. The lowest BCUT2D eigenvalue weighted by Crippen LogP contribution is -2.27. The Bertz CT molecular complexity index is 1110. The topological polar surface area (TPSA) is 121 Å². The van der Waals surface area contributed by atoms with Gasteiger partial charge in [-0.25, -0.2) is 21.6 Å². The molecule has 1 aliphatic heterocycles. The van der Waals surface area contributed by atoms with Crippen LogP contribution in [0.1, 0.15) is 23.2 Å². The first-order valence-electron chi connectivity index (χ1n) is 8.27. The first-order chi connectivity index (χ1) is 13.1. The third-order valence-electron chi connectivity index (χ3n) is 4.28. The summed E-state index contributed by atoms with van der Waals surface area (Å²) in [7, 11) is -7.77. The first kappa shape index (κ1) is 20.6. The number of hydrogen-bond donors (Lipinski definition) is 2. The Morgan fingerprint density at radius 3 is 2.18 bits per heavy atom. The molecule has 1 fully saturated rings. The number of nitrogens with zero attached hydrogens (tertiary/aromatic N) is 1. The Kier molecular flexibility index (Phi) is 5.67. The van der Waals surface area contributed by atoms with Gasteiger partial charge in [-0.3, -0.25) is 4.72 Å². The van der Waals surface area contributed by atoms with Crippen molar-refractivity contribution in [3.05, 3.63) is 53.1 Å². The quantitative estimate of drug-likeness (QED) is 0.706. The van der Waals surface area contributed by atoms with Gasteiger partial charge in [0.2, 0.25) is 10.0 Å². The van der Waals surface area contributed by atoms with Crippen molar-refractivity contribution in [3.63, 3.8) is 0 Å². The predicted octanol–water partition coefficient (Wildman–Crippen LogP) is 2.62. The molecule has 28 heavy (non-hydrogen) atoms. The molecule has 1 heterocycles. The molecule has 1 saturated heterocycles. The van der Waals surface area contributed by atoms with Gasteiger partial charge in [0.05, 0.1) is 15.5 Å². The van der Waals surface area contributed by atoms with E-state index < -0.39 is 26.0 Å². The first-order valence-corrected chi connectivity index (χ1v) is 11.6. The van der Waals surface area contributed by atoms with Crippen molar-refractivity contribution in [1.82, 2.24) is 4.31 Å². The van der Waals surface area contributed by atoms with E-state index in [9.17, 15) is 21.6 Å². The van der Waals surface area contributed by atoms with Crippen LogP contribution in [0, 0.1) is 0 Å². The number of carbonyl (C=O) groups is 1. The fourth-order valence-electron chi connectivity index (χ4n) is 2.82. The molecule has 11 heteroatoms. The molecule has 0 aromatic heterocycles. The Morgan fingerprint density at radius 2 is 1.61 bits per heavy atom. The van der Waals surface area contributed by atoms with Crippen molar-refractivity contribution >= 4 is 43.3 Å². The van der Waals surface area contributed by atoms with Gasteiger partial charge in [-0.05, 0) is 55.3 Å². The number of rotatable bonds is 6. The van der Waals surface area contributed by atoms with Gasteiger partial charge in [0.15, 0.2) is 0 Å². The Balaban J connectivity index is 1.86. The molecule has 0 spiro atoms. The minimum atomic E-state index is -4.17. The van der Waals surface area contributed by atoms with Crippen molar-refractivity contribution in [2.75, 3.05) is 17.8 Å². The fraction of sp³-hybridized carbons (Fsp3) is 0.235. The van der Waals surface area contributed by atoms with Gasteiger partial charge >= 0.3 is 5.97 Å². The number of benzene rings is 2. The number of carboxylic acids is 1. The van der Waals surface area contributed by atoms with Crippen molar-refractivity contribution < 1.29 is 26.7 Å². The molecule has 2 aromatic carbocycles. The van der Waals surface area contributed by atoms with Crippen LogP contribution in [-0.2, 0) is 20.0 Å². The highest BCUT2D eigenvalue weighted by Crippen LogP contribution is 2.27. The number of halogens is 1. The van der Waals surface area contributed by atoms with E-state index in [0.29, 0.717) is 13.1 Å². The van der Waals surface area contributed by atoms with Crippen LogP contribution < -0.4 is 4.72 Å². The number of sulfonamides is 2. The van der Waals surface area contributed by atoms with E-state index in [0.717, 1.165) is 18.9 Å². The molecular formula is C17H17ClN2O6S2. The summed E-state index contributed by atoms with van der Waals surface area (Å²) in [5.41, 5.74) is -0.103. The predicted molar refractivity (Wildman–Crippen MR) is 104 cm³/mol. The minimum Gasteiger partial charge on any atom is -0.478 e. The summed E-state index contributed by atoms with van der Waals surface area (Å²) in [4.78, 5) is 10.8. The highest BCUT2D eigenvalue weighted by atomic mass is 35.5. The molecule has 1 aliphatic rings. The van der Waals surface area contributed by atoms with Gasteiger partial charge in [-0.15, -0.1) is 0 Å². The third kappa shape index (κ3) is 4.14. The zero-order valence-electron chi connectivity index (χ0n) is 14.5. The minimum absolute atomic E-state index is 0.0725. The van der Waals surface area contributed by atoms with Crippen molar-refractivity contribution in [3.8, 4) is 0 Å². The number of nitrogens with one attached hydrogen (secondary N) is 1. The normalized spacial score (nSPS) is 15.5. The second-order valence-corrected chi connectivity index (χ2v) is 10.2. The summed E-state index contributed by atoms with van der Waals surface area (Å²) in [5, 5.41) is 8.90. The molecule has 0 bridgehead atoms. The molecular weight excluding hydrogens is 428 g/mol. The van der Waals surface area contributed by atoms with E-state index in [2.05, 4.69) is 4.72 Å². The van der Waals surface area contributed by atoms with Crippen LogP contribution >= 0.6 is 11.6 Å². The van der Waals surface area contributed by atoms with Crippen LogP contribution in [0.15, 0.2) is 52.3 Å². The average Bonchev–Trinajstić information content (AvgIpc) is 3.17. The van der Waals surface area contributed by atoms with Crippen molar-refractivity contribution in [1.29, 1.82) is 0 Å². The molecule has 150 valence electrons. The highest BCUT2D eigenvalue weighted by molar-refractivity contribution is 7.92. The van der Waals surface area contributed by atoms with Crippen LogP contribution in [0.25, 0.3) is 0 Å². The van der Waals surface area contributed by atoms with E-state index in [4.69, 9.17) is 16.7 Å². The molecule has 8 nitrogen and oxygen atoms in total. The maximum atomic E-state index is 12.6. The monoisotopic (exact) mass is 444 g/mol. The van der Waals surface area contributed by atoms with Crippen LogP contribution in [0.4, 0.5) is 5.69 Å². The number of aromatic carboxylic acids is 1. The molecule has 0 unspecified atom stereocenters. The Morgan fingerprint density at radius 1 is 1.00 bits per heavy atom.